The summed E-state index contributed by atoms with van der Waals surface area (Å²) in [6.07, 6.45) is 0. The Hall–Kier alpha value is -1.25. The van der Waals surface area contributed by atoms with E-state index >= 15 is 0 Å². The van der Waals surface area contributed by atoms with Crippen molar-refractivity contribution in [1.82, 2.24) is 4.98 Å². The number of carbonyl (C=O) groups is 1. The molecule has 0 saturated carbocycles. The van der Waals surface area contributed by atoms with Gasteiger partial charge in [-0.2, -0.15) is 0 Å². The van der Waals surface area contributed by atoms with Crippen LogP contribution in [0.2, 0.25) is 0 Å². The molecule has 1 aromatic rings. The Labute approximate surface area is 78.5 Å². The van der Waals surface area contributed by atoms with Crippen LogP contribution in [-0.2, 0) is 4.79 Å². The molecular formula is C10H16N2O. The first-order valence-corrected chi connectivity index (χ1v) is 4.47. The summed E-state index contributed by atoms with van der Waals surface area (Å²) in [5.74, 6) is 0.429. The van der Waals surface area contributed by atoms with E-state index in [1.807, 2.05) is 13.0 Å². The van der Waals surface area contributed by atoms with Gasteiger partial charge in [0.15, 0.2) is 0 Å². The fraction of sp³-hybridized carbons (Fsp3) is 0.500. The summed E-state index contributed by atoms with van der Waals surface area (Å²) in [5.41, 5.74) is 3.05. The van der Waals surface area contributed by atoms with E-state index in [-0.39, 0.29) is 5.91 Å². The van der Waals surface area contributed by atoms with Crippen LogP contribution in [0.25, 0.3) is 0 Å². The van der Waals surface area contributed by atoms with Gasteiger partial charge in [0, 0.05) is 18.3 Å². The Morgan fingerprint density at radius 2 is 2.15 bits per heavy atom. The maximum absolute atomic E-state index is 10.8. The van der Waals surface area contributed by atoms with Gasteiger partial charge in [0.1, 0.15) is 0 Å². The zero-order valence-electron chi connectivity index (χ0n) is 8.56. The molecule has 3 nitrogen and oxygen atoms in total. The second kappa shape index (κ2) is 3.64. The summed E-state index contributed by atoms with van der Waals surface area (Å²) in [6.45, 7) is 7.70. The molecular weight excluding hydrogens is 164 g/mol. The molecule has 0 saturated heterocycles. The Morgan fingerprint density at radius 1 is 1.54 bits per heavy atom. The number of rotatable bonds is 2. The van der Waals surface area contributed by atoms with Gasteiger partial charge in [0.25, 0.3) is 0 Å². The van der Waals surface area contributed by atoms with E-state index in [0.29, 0.717) is 5.92 Å². The number of nitrogens with one attached hydrogen (secondary N) is 2. The minimum absolute atomic E-state index is 0.0302. The van der Waals surface area contributed by atoms with E-state index in [1.165, 1.54) is 6.92 Å². The third-order valence-corrected chi connectivity index (χ3v) is 1.97. The second-order valence-electron chi connectivity index (χ2n) is 3.60. The summed E-state index contributed by atoms with van der Waals surface area (Å²) < 4.78 is 0. The predicted octanol–water partition coefficient (Wildman–Crippen LogP) is 2.40. The monoisotopic (exact) mass is 180 g/mol. The summed E-state index contributed by atoms with van der Waals surface area (Å²) >= 11 is 0. The van der Waals surface area contributed by atoms with Crippen LogP contribution in [0.15, 0.2) is 6.07 Å². The standard InChI is InChI=1S/C10H16N2O/c1-6(2)9-5-10(7(3)11-9)12-8(4)13/h5-6,11H,1-4H3,(H,12,13). The van der Waals surface area contributed by atoms with Crippen LogP contribution in [-0.4, -0.2) is 10.9 Å². The first kappa shape index (κ1) is 9.84. The number of aromatic amines is 1. The third kappa shape index (κ3) is 2.34. The highest BCUT2D eigenvalue weighted by atomic mass is 16.1. The molecule has 0 spiro atoms. The fourth-order valence-corrected chi connectivity index (χ4v) is 1.21. The van der Waals surface area contributed by atoms with Gasteiger partial charge < -0.3 is 10.3 Å². The number of aromatic nitrogens is 1. The molecule has 0 radical (unpaired) electrons. The first-order valence-electron chi connectivity index (χ1n) is 4.47. The van der Waals surface area contributed by atoms with Crippen LogP contribution in [0.5, 0.6) is 0 Å². The van der Waals surface area contributed by atoms with Crippen LogP contribution in [0, 0.1) is 6.92 Å². The maximum Gasteiger partial charge on any atom is 0.221 e. The highest BCUT2D eigenvalue weighted by molar-refractivity contribution is 5.89. The number of hydrogen-bond acceptors (Lipinski definition) is 1. The van der Waals surface area contributed by atoms with E-state index < -0.39 is 0 Å². The lowest BCUT2D eigenvalue weighted by molar-refractivity contribution is -0.114. The maximum atomic E-state index is 10.8. The highest BCUT2D eigenvalue weighted by Crippen LogP contribution is 2.21. The molecule has 1 aromatic heterocycles. The van der Waals surface area contributed by atoms with Crippen LogP contribution in [0.1, 0.15) is 38.1 Å². The van der Waals surface area contributed by atoms with E-state index in [1.54, 1.807) is 0 Å². The van der Waals surface area contributed by atoms with Crippen molar-refractivity contribution >= 4 is 11.6 Å². The number of amides is 1. The number of aryl methyl sites for hydroxylation is 1. The fourth-order valence-electron chi connectivity index (χ4n) is 1.21. The Bertz CT molecular complexity index is 313. The zero-order chi connectivity index (χ0) is 10.0. The summed E-state index contributed by atoms with van der Waals surface area (Å²) in [4.78, 5) is 14.1. The molecule has 1 rings (SSSR count). The Balaban J connectivity index is 2.89. The molecule has 2 N–H and O–H groups in total. The molecule has 0 fully saturated rings. The lowest BCUT2D eigenvalue weighted by atomic mass is 10.1. The van der Waals surface area contributed by atoms with Crippen LogP contribution in [0.3, 0.4) is 0 Å². The Morgan fingerprint density at radius 3 is 2.54 bits per heavy atom. The predicted molar refractivity (Wildman–Crippen MR) is 53.9 cm³/mol. The summed E-state index contributed by atoms with van der Waals surface area (Å²) in [7, 11) is 0. The smallest absolute Gasteiger partial charge is 0.221 e. The van der Waals surface area contributed by atoms with Crippen LogP contribution < -0.4 is 5.32 Å². The number of anilines is 1. The lowest BCUT2D eigenvalue weighted by Gasteiger charge is -1.98. The summed E-state index contributed by atoms with van der Waals surface area (Å²) in [6, 6.07) is 1.99. The topological polar surface area (TPSA) is 44.9 Å². The quantitative estimate of drug-likeness (QED) is 0.721. The number of carbonyl (C=O) groups excluding carboxylic acids is 1. The van der Waals surface area contributed by atoms with Crippen molar-refractivity contribution in [2.45, 2.75) is 33.6 Å². The molecule has 0 bridgehead atoms. The van der Waals surface area contributed by atoms with Crippen molar-refractivity contribution in [1.29, 1.82) is 0 Å². The van der Waals surface area contributed by atoms with Crippen molar-refractivity contribution in [3.63, 3.8) is 0 Å². The molecule has 1 heterocycles. The largest absolute Gasteiger partial charge is 0.361 e. The molecule has 0 atom stereocenters. The van der Waals surface area contributed by atoms with E-state index in [4.69, 9.17) is 0 Å². The lowest BCUT2D eigenvalue weighted by Crippen LogP contribution is -2.05. The van der Waals surface area contributed by atoms with Crippen LogP contribution in [0.4, 0.5) is 5.69 Å². The molecule has 3 heteroatoms. The molecule has 1 amide bonds. The second-order valence-corrected chi connectivity index (χ2v) is 3.60. The summed E-state index contributed by atoms with van der Waals surface area (Å²) in [5, 5.41) is 2.78. The van der Waals surface area contributed by atoms with Crippen molar-refractivity contribution in [3.8, 4) is 0 Å². The minimum Gasteiger partial charge on any atom is -0.361 e. The van der Waals surface area contributed by atoms with Gasteiger partial charge in [-0.3, -0.25) is 4.79 Å². The van der Waals surface area contributed by atoms with E-state index in [0.717, 1.165) is 17.1 Å². The molecule has 0 aliphatic rings. The zero-order valence-corrected chi connectivity index (χ0v) is 8.56. The van der Waals surface area contributed by atoms with Gasteiger partial charge in [-0.15, -0.1) is 0 Å². The normalized spacial score (nSPS) is 10.5. The van der Waals surface area contributed by atoms with Gasteiger partial charge in [-0.1, -0.05) is 13.8 Å². The molecule has 0 unspecified atom stereocenters. The molecule has 0 aliphatic heterocycles. The molecule has 72 valence electrons. The van der Waals surface area contributed by atoms with Gasteiger partial charge in [0.05, 0.1) is 5.69 Å². The number of H-pyrrole nitrogens is 1. The SMILES string of the molecule is CC(=O)Nc1cc(C(C)C)[nH]c1C. The van der Waals surface area contributed by atoms with E-state index in [2.05, 4.69) is 24.1 Å². The van der Waals surface area contributed by atoms with E-state index in [9.17, 15) is 4.79 Å². The number of hydrogen-bond donors (Lipinski definition) is 2. The van der Waals surface area contributed by atoms with Crippen molar-refractivity contribution < 1.29 is 4.79 Å². The van der Waals surface area contributed by atoms with Crippen LogP contribution >= 0.6 is 0 Å². The van der Waals surface area contributed by atoms with Gasteiger partial charge in [-0.05, 0) is 18.9 Å². The minimum atomic E-state index is -0.0302. The molecule has 13 heavy (non-hydrogen) atoms. The van der Waals surface area contributed by atoms with Crippen molar-refractivity contribution in [2.75, 3.05) is 5.32 Å². The van der Waals surface area contributed by atoms with Gasteiger partial charge >= 0.3 is 0 Å². The molecule has 0 aliphatic carbocycles. The third-order valence-electron chi connectivity index (χ3n) is 1.97. The van der Waals surface area contributed by atoms with Crippen molar-refractivity contribution in [2.24, 2.45) is 0 Å². The first-order chi connectivity index (χ1) is 6.00. The van der Waals surface area contributed by atoms with Gasteiger partial charge in [0.2, 0.25) is 5.91 Å². The molecule has 0 aromatic carbocycles. The average molecular weight is 180 g/mol. The van der Waals surface area contributed by atoms with Crippen molar-refractivity contribution in [3.05, 3.63) is 17.5 Å². The average Bonchev–Trinajstić information content (AvgIpc) is 2.31. The highest BCUT2D eigenvalue weighted by Gasteiger charge is 2.07. The Kier molecular flexibility index (Phi) is 2.76. The van der Waals surface area contributed by atoms with Gasteiger partial charge in [-0.25, -0.2) is 0 Å².